The molecule has 0 aromatic heterocycles. The van der Waals surface area contributed by atoms with Gasteiger partial charge < -0.3 is 21.6 Å². The lowest BCUT2D eigenvalue weighted by Crippen LogP contribution is -2.64. The SMILES string of the molecule is C[Si]1(C)O[Si](C)(C)O[Si](C)(/C=C/CCCO)O[Si](C)(C)O1. The van der Waals surface area contributed by atoms with Crippen LogP contribution in [0, 0.1) is 0 Å². The quantitative estimate of drug-likeness (QED) is 0.612. The van der Waals surface area contributed by atoms with E-state index in [4.69, 9.17) is 21.6 Å². The summed E-state index contributed by atoms with van der Waals surface area (Å²) in [5, 5.41) is 8.87. The summed E-state index contributed by atoms with van der Waals surface area (Å²) < 4.78 is 25.3. The van der Waals surface area contributed by atoms with Crippen LogP contribution >= 0.6 is 0 Å². The average molecular weight is 367 g/mol. The molecule has 1 aliphatic rings. The first-order valence-corrected chi connectivity index (χ1v) is 18.3. The maximum Gasteiger partial charge on any atom is 0.343 e. The number of aliphatic hydroxyl groups excluding tert-OH is 1. The Morgan fingerprint density at radius 3 is 1.62 bits per heavy atom. The van der Waals surface area contributed by atoms with E-state index < -0.39 is 34.2 Å². The number of unbranched alkanes of at least 4 members (excludes halogenated alkanes) is 1. The molecule has 1 aliphatic heterocycles. The molecule has 0 aromatic rings. The highest BCUT2D eigenvalue weighted by molar-refractivity contribution is 6.94. The van der Waals surface area contributed by atoms with Crippen LogP contribution in [0.25, 0.3) is 0 Å². The Balaban J connectivity index is 2.95. The summed E-state index contributed by atoms with van der Waals surface area (Å²) in [7, 11) is -9.24. The maximum atomic E-state index is 8.87. The van der Waals surface area contributed by atoms with Crippen molar-refractivity contribution >= 4 is 34.2 Å². The van der Waals surface area contributed by atoms with E-state index in [1.165, 1.54) is 0 Å². The Morgan fingerprint density at radius 1 is 0.762 bits per heavy atom. The first kappa shape index (κ1) is 19.5. The molecule has 5 nitrogen and oxygen atoms in total. The van der Waals surface area contributed by atoms with Crippen LogP contribution in [0.5, 0.6) is 0 Å². The summed E-state index contributed by atoms with van der Waals surface area (Å²) in [5.74, 6) is 0. The van der Waals surface area contributed by atoms with Gasteiger partial charge in [0.15, 0.2) is 0 Å². The van der Waals surface area contributed by atoms with E-state index in [0.29, 0.717) is 0 Å². The summed E-state index contributed by atoms with van der Waals surface area (Å²) in [6, 6.07) is 0. The minimum Gasteiger partial charge on any atom is -0.416 e. The van der Waals surface area contributed by atoms with Crippen molar-refractivity contribution in [3.8, 4) is 0 Å². The second kappa shape index (κ2) is 6.89. The van der Waals surface area contributed by atoms with Gasteiger partial charge in [0.2, 0.25) is 0 Å². The number of rotatable bonds is 4. The molecule has 124 valence electrons. The van der Waals surface area contributed by atoms with Gasteiger partial charge in [-0.25, -0.2) is 0 Å². The zero-order chi connectivity index (χ0) is 16.4. The minimum absolute atomic E-state index is 0.205. The Kier molecular flexibility index (Phi) is 6.38. The number of hydrogen-bond acceptors (Lipinski definition) is 5. The second-order valence-corrected chi connectivity index (χ2v) is 20.9. The van der Waals surface area contributed by atoms with Crippen molar-refractivity contribution in [1.29, 1.82) is 0 Å². The van der Waals surface area contributed by atoms with Crippen molar-refractivity contribution in [2.24, 2.45) is 0 Å². The zero-order valence-electron chi connectivity index (χ0n) is 14.4. The van der Waals surface area contributed by atoms with Crippen LogP contribution in [0.3, 0.4) is 0 Å². The Bertz CT molecular complexity index is 362. The average Bonchev–Trinajstić information content (AvgIpc) is 2.17. The van der Waals surface area contributed by atoms with Gasteiger partial charge in [-0.05, 0) is 64.4 Å². The number of hydrogen-bond donors (Lipinski definition) is 1. The van der Waals surface area contributed by atoms with Crippen LogP contribution in [-0.4, -0.2) is 46.0 Å². The van der Waals surface area contributed by atoms with E-state index in [9.17, 15) is 0 Å². The molecule has 0 saturated carbocycles. The molecule has 21 heavy (non-hydrogen) atoms. The predicted molar refractivity (Wildman–Crippen MR) is 93.9 cm³/mol. The third kappa shape index (κ3) is 7.01. The third-order valence-corrected chi connectivity index (χ3v) is 18.7. The first-order valence-electron chi connectivity index (χ1n) is 7.48. The predicted octanol–water partition coefficient (Wildman–Crippen LogP) is 3.11. The highest BCUT2D eigenvalue weighted by Crippen LogP contribution is 2.31. The highest BCUT2D eigenvalue weighted by atomic mass is 28.5. The van der Waals surface area contributed by atoms with Crippen LogP contribution in [0.4, 0.5) is 0 Å². The van der Waals surface area contributed by atoms with Crippen molar-refractivity contribution in [2.75, 3.05) is 6.61 Å². The molecule has 1 saturated heterocycles. The van der Waals surface area contributed by atoms with E-state index in [1.807, 2.05) is 0 Å². The second-order valence-electron chi connectivity index (χ2n) is 6.89. The van der Waals surface area contributed by atoms with Crippen molar-refractivity contribution in [2.45, 2.75) is 58.7 Å². The molecule has 0 spiro atoms. The Morgan fingerprint density at radius 2 is 1.19 bits per heavy atom. The molecular weight excluding hydrogens is 336 g/mol. The van der Waals surface area contributed by atoms with E-state index in [1.54, 1.807) is 0 Å². The molecule has 0 aromatic carbocycles. The van der Waals surface area contributed by atoms with Crippen molar-refractivity contribution in [1.82, 2.24) is 0 Å². The fourth-order valence-corrected chi connectivity index (χ4v) is 23.4. The minimum atomic E-state index is -2.47. The van der Waals surface area contributed by atoms with Gasteiger partial charge in [-0.15, -0.1) is 0 Å². The molecule has 0 bridgehead atoms. The lowest BCUT2D eigenvalue weighted by atomic mass is 10.3. The summed E-state index contributed by atoms with van der Waals surface area (Å²) >= 11 is 0. The summed E-state index contributed by atoms with van der Waals surface area (Å²) in [6.45, 7) is 14.6. The normalized spacial score (nSPS) is 27.2. The molecule has 1 N–H and O–H groups in total. The van der Waals surface area contributed by atoms with Gasteiger partial charge in [-0.2, -0.15) is 0 Å². The molecule has 0 amide bonds. The zero-order valence-corrected chi connectivity index (χ0v) is 18.4. The lowest BCUT2D eigenvalue weighted by molar-refractivity contribution is 0.241. The summed E-state index contributed by atoms with van der Waals surface area (Å²) in [4.78, 5) is 0. The standard InChI is InChI=1S/C12H30O5Si4/c1-18(2)14-19(3,4)16-21(7,12-10-8-9-11-13)17-20(5,6)15-18/h10,12-13H,8-9,11H2,1-7H3/b12-10+. The van der Waals surface area contributed by atoms with Gasteiger partial charge >= 0.3 is 34.2 Å². The fourth-order valence-electron chi connectivity index (χ4n) is 2.82. The van der Waals surface area contributed by atoms with E-state index in [0.717, 1.165) is 12.8 Å². The van der Waals surface area contributed by atoms with Gasteiger partial charge in [-0.1, -0.05) is 6.08 Å². The summed E-state index contributed by atoms with van der Waals surface area (Å²) in [5.41, 5.74) is 2.07. The smallest absolute Gasteiger partial charge is 0.343 e. The molecule has 0 aliphatic carbocycles. The Labute approximate surface area is 133 Å². The first-order chi connectivity index (χ1) is 9.39. The van der Waals surface area contributed by atoms with Crippen molar-refractivity contribution < 1.29 is 21.6 Å². The number of allylic oxidation sites excluding steroid dienone is 1. The van der Waals surface area contributed by atoms with Gasteiger partial charge in [-0.3, -0.25) is 0 Å². The van der Waals surface area contributed by atoms with Crippen molar-refractivity contribution in [3.05, 3.63) is 11.8 Å². The monoisotopic (exact) mass is 366 g/mol. The number of aliphatic hydroxyl groups is 1. The molecule has 1 rings (SSSR count). The van der Waals surface area contributed by atoms with Crippen molar-refractivity contribution in [3.63, 3.8) is 0 Å². The van der Waals surface area contributed by atoms with Crippen LogP contribution in [0.15, 0.2) is 11.8 Å². The molecular formula is C12H30O5Si4. The third-order valence-electron chi connectivity index (χ3n) is 2.83. The fraction of sp³-hybridized carbons (Fsp3) is 0.833. The van der Waals surface area contributed by atoms with E-state index >= 15 is 0 Å². The van der Waals surface area contributed by atoms with Gasteiger partial charge in [0.25, 0.3) is 0 Å². The molecule has 0 unspecified atom stereocenters. The van der Waals surface area contributed by atoms with Gasteiger partial charge in [0.1, 0.15) is 0 Å². The molecule has 0 radical (unpaired) electrons. The highest BCUT2D eigenvalue weighted by Gasteiger charge is 2.51. The van der Waals surface area contributed by atoms with Crippen LogP contribution < -0.4 is 0 Å². The molecule has 1 heterocycles. The molecule has 0 atom stereocenters. The largest absolute Gasteiger partial charge is 0.416 e. The summed E-state index contributed by atoms with van der Waals surface area (Å²) in [6.07, 6.45) is 3.65. The lowest BCUT2D eigenvalue weighted by Gasteiger charge is -2.46. The Hall–Kier alpha value is 0.408. The van der Waals surface area contributed by atoms with Gasteiger partial charge in [0, 0.05) is 6.61 Å². The van der Waals surface area contributed by atoms with Crippen LogP contribution in [0.2, 0.25) is 45.8 Å². The van der Waals surface area contributed by atoms with E-state index in [-0.39, 0.29) is 6.61 Å². The van der Waals surface area contributed by atoms with Gasteiger partial charge in [0.05, 0.1) is 0 Å². The molecule has 9 heteroatoms. The maximum absolute atomic E-state index is 8.87. The van der Waals surface area contributed by atoms with E-state index in [2.05, 4.69) is 57.6 Å². The molecule has 1 fully saturated rings. The van der Waals surface area contributed by atoms with Crippen LogP contribution in [-0.2, 0) is 16.5 Å². The van der Waals surface area contributed by atoms with Crippen LogP contribution in [0.1, 0.15) is 12.8 Å². The topological polar surface area (TPSA) is 57.2 Å².